The normalized spacial score (nSPS) is 11.2. The molecular weight excluding hydrogens is 262 g/mol. The van der Waals surface area contributed by atoms with Crippen LogP contribution in [0, 0.1) is 11.3 Å². The number of benzene rings is 1. The molecule has 0 saturated heterocycles. The highest BCUT2D eigenvalue weighted by molar-refractivity contribution is 7.89. The maximum absolute atomic E-state index is 12.1. The molecule has 0 aliphatic rings. The van der Waals surface area contributed by atoms with Crippen molar-refractivity contribution >= 4 is 15.7 Å². The number of anilines is 1. The van der Waals surface area contributed by atoms with E-state index in [0.29, 0.717) is 12.2 Å². The van der Waals surface area contributed by atoms with Crippen molar-refractivity contribution in [3.63, 3.8) is 0 Å². The van der Waals surface area contributed by atoms with Gasteiger partial charge in [0.1, 0.15) is 6.07 Å². The number of hydrogen-bond acceptors (Lipinski definition) is 4. The lowest BCUT2D eigenvalue weighted by molar-refractivity contribution is 0.573. The summed E-state index contributed by atoms with van der Waals surface area (Å²) in [5, 5.41) is 8.95. The van der Waals surface area contributed by atoms with Gasteiger partial charge >= 0.3 is 0 Å². The topological polar surface area (TPSA) is 96.0 Å². The van der Waals surface area contributed by atoms with Gasteiger partial charge in [-0.05, 0) is 24.6 Å². The number of nitrogens with two attached hydrogens (primary N) is 1. The molecule has 0 bridgehead atoms. The zero-order valence-corrected chi connectivity index (χ0v) is 11.8. The fourth-order valence-corrected chi connectivity index (χ4v) is 2.92. The summed E-state index contributed by atoms with van der Waals surface area (Å²) in [5.41, 5.74) is 5.98. The third-order valence-corrected chi connectivity index (χ3v) is 4.26. The Morgan fingerprint density at radius 3 is 2.68 bits per heavy atom. The number of unbranched alkanes of at least 4 members (excludes halogenated alkanes) is 3. The van der Waals surface area contributed by atoms with Crippen molar-refractivity contribution in [2.75, 3.05) is 12.3 Å². The van der Waals surface area contributed by atoms with Crippen LogP contribution in [0.2, 0.25) is 0 Å². The minimum atomic E-state index is -3.64. The van der Waals surface area contributed by atoms with Crippen LogP contribution in [0.1, 0.15) is 38.2 Å². The van der Waals surface area contributed by atoms with Gasteiger partial charge in [0.05, 0.1) is 10.5 Å². The molecule has 0 amide bonds. The zero-order valence-electron chi connectivity index (χ0n) is 11.0. The molecule has 19 heavy (non-hydrogen) atoms. The first-order valence-electron chi connectivity index (χ1n) is 6.30. The molecule has 0 saturated carbocycles. The van der Waals surface area contributed by atoms with E-state index in [4.69, 9.17) is 11.0 Å². The largest absolute Gasteiger partial charge is 0.399 e. The number of sulfonamides is 1. The fourth-order valence-electron chi connectivity index (χ4n) is 1.71. The zero-order chi connectivity index (χ0) is 14.3. The monoisotopic (exact) mass is 281 g/mol. The van der Waals surface area contributed by atoms with Gasteiger partial charge in [0.25, 0.3) is 0 Å². The smallest absolute Gasteiger partial charge is 0.241 e. The average molecular weight is 281 g/mol. The number of nitrogens with zero attached hydrogens (tertiary/aromatic N) is 1. The van der Waals surface area contributed by atoms with Gasteiger partial charge in [-0.25, -0.2) is 13.1 Å². The highest BCUT2D eigenvalue weighted by atomic mass is 32.2. The molecule has 1 aromatic rings. The van der Waals surface area contributed by atoms with Gasteiger partial charge in [-0.2, -0.15) is 5.26 Å². The molecule has 1 aromatic carbocycles. The van der Waals surface area contributed by atoms with E-state index in [0.717, 1.165) is 25.7 Å². The number of nitriles is 1. The van der Waals surface area contributed by atoms with Crippen LogP contribution in [0.3, 0.4) is 0 Å². The average Bonchev–Trinajstić information content (AvgIpc) is 2.38. The van der Waals surface area contributed by atoms with Crippen molar-refractivity contribution in [3.05, 3.63) is 23.8 Å². The summed E-state index contributed by atoms with van der Waals surface area (Å²) in [6.45, 7) is 2.48. The third-order valence-electron chi connectivity index (χ3n) is 2.74. The molecule has 0 fully saturated rings. The van der Waals surface area contributed by atoms with Gasteiger partial charge in [-0.3, -0.25) is 0 Å². The molecule has 0 heterocycles. The molecule has 6 heteroatoms. The Hall–Kier alpha value is -1.58. The van der Waals surface area contributed by atoms with Gasteiger partial charge in [0.15, 0.2) is 0 Å². The molecule has 0 unspecified atom stereocenters. The SMILES string of the molecule is CCCCCCNS(=O)(=O)c1ccc(N)cc1C#N. The summed E-state index contributed by atoms with van der Waals surface area (Å²) in [7, 11) is -3.64. The minimum Gasteiger partial charge on any atom is -0.399 e. The number of nitrogens with one attached hydrogen (secondary N) is 1. The Labute approximate surface area is 114 Å². The second kappa shape index (κ2) is 7.12. The third kappa shape index (κ3) is 4.54. The van der Waals surface area contributed by atoms with E-state index in [-0.39, 0.29) is 10.5 Å². The Balaban J connectivity index is 2.75. The summed E-state index contributed by atoms with van der Waals surface area (Å²) in [6, 6.07) is 6.06. The molecule has 3 N–H and O–H groups in total. The number of rotatable bonds is 7. The molecular formula is C13H19N3O2S. The van der Waals surface area contributed by atoms with Crippen LogP contribution in [0.25, 0.3) is 0 Å². The Kier molecular flexibility index (Phi) is 5.80. The second-order valence-electron chi connectivity index (χ2n) is 4.33. The lowest BCUT2D eigenvalue weighted by Crippen LogP contribution is -2.25. The maximum Gasteiger partial charge on any atom is 0.241 e. The van der Waals surface area contributed by atoms with Crippen LogP contribution >= 0.6 is 0 Å². The minimum absolute atomic E-state index is 0.0142. The van der Waals surface area contributed by atoms with Crippen molar-refractivity contribution in [1.29, 1.82) is 5.26 Å². The molecule has 0 radical (unpaired) electrons. The molecule has 0 aliphatic heterocycles. The van der Waals surface area contributed by atoms with E-state index in [1.807, 2.05) is 6.07 Å². The van der Waals surface area contributed by atoms with Crippen molar-refractivity contribution in [2.45, 2.75) is 37.5 Å². The van der Waals surface area contributed by atoms with Crippen molar-refractivity contribution in [2.24, 2.45) is 0 Å². The summed E-state index contributed by atoms with van der Waals surface area (Å²) >= 11 is 0. The summed E-state index contributed by atoms with van der Waals surface area (Å²) < 4.78 is 26.6. The van der Waals surface area contributed by atoms with Gasteiger partial charge in [0, 0.05) is 12.2 Å². The van der Waals surface area contributed by atoms with Gasteiger partial charge in [-0.15, -0.1) is 0 Å². The van der Waals surface area contributed by atoms with Crippen molar-refractivity contribution in [1.82, 2.24) is 4.72 Å². The van der Waals surface area contributed by atoms with Crippen LogP contribution < -0.4 is 10.5 Å². The summed E-state index contributed by atoms with van der Waals surface area (Å²) in [6.07, 6.45) is 3.98. The van der Waals surface area contributed by atoms with E-state index in [2.05, 4.69) is 11.6 Å². The van der Waals surface area contributed by atoms with E-state index >= 15 is 0 Å². The van der Waals surface area contributed by atoms with Crippen LogP contribution in [-0.2, 0) is 10.0 Å². The van der Waals surface area contributed by atoms with E-state index in [1.54, 1.807) is 0 Å². The number of hydrogen-bond donors (Lipinski definition) is 2. The molecule has 0 aliphatic carbocycles. The van der Waals surface area contributed by atoms with Gasteiger partial charge < -0.3 is 5.73 Å². The van der Waals surface area contributed by atoms with Gasteiger partial charge in [-0.1, -0.05) is 26.2 Å². The highest BCUT2D eigenvalue weighted by Crippen LogP contribution is 2.17. The lowest BCUT2D eigenvalue weighted by atomic mass is 10.2. The maximum atomic E-state index is 12.1. The Morgan fingerprint density at radius 1 is 1.32 bits per heavy atom. The second-order valence-corrected chi connectivity index (χ2v) is 6.06. The van der Waals surface area contributed by atoms with E-state index < -0.39 is 10.0 Å². The predicted octanol–water partition coefficient (Wildman–Crippen LogP) is 2.00. The highest BCUT2D eigenvalue weighted by Gasteiger charge is 2.17. The van der Waals surface area contributed by atoms with Crippen LogP contribution in [0.15, 0.2) is 23.1 Å². The van der Waals surface area contributed by atoms with Crippen LogP contribution in [0.4, 0.5) is 5.69 Å². The Bertz CT molecular complexity index is 562. The first-order valence-corrected chi connectivity index (χ1v) is 7.79. The quantitative estimate of drug-likeness (QED) is 0.590. The molecule has 104 valence electrons. The first-order chi connectivity index (χ1) is 9.01. The standard InChI is InChI=1S/C13H19N3O2S/c1-2-3-4-5-8-16-19(17,18)13-7-6-12(15)9-11(13)10-14/h6-7,9,16H,2-5,8,15H2,1H3. The first kappa shape index (κ1) is 15.5. The fraction of sp³-hybridized carbons (Fsp3) is 0.462. The van der Waals surface area contributed by atoms with E-state index in [9.17, 15) is 8.42 Å². The lowest BCUT2D eigenvalue weighted by Gasteiger charge is -2.08. The molecule has 0 atom stereocenters. The van der Waals surface area contributed by atoms with Gasteiger partial charge in [0.2, 0.25) is 10.0 Å². The van der Waals surface area contributed by atoms with Crippen molar-refractivity contribution in [3.8, 4) is 6.07 Å². The van der Waals surface area contributed by atoms with Crippen LogP contribution in [0.5, 0.6) is 0 Å². The van der Waals surface area contributed by atoms with Crippen molar-refractivity contribution < 1.29 is 8.42 Å². The molecule has 1 rings (SSSR count). The molecule has 0 aromatic heterocycles. The summed E-state index contributed by atoms with van der Waals surface area (Å²) in [5.74, 6) is 0. The van der Waals surface area contributed by atoms with E-state index in [1.165, 1.54) is 18.2 Å². The molecule has 5 nitrogen and oxygen atoms in total. The molecule has 0 spiro atoms. The van der Waals surface area contributed by atoms with Crippen LogP contribution in [-0.4, -0.2) is 15.0 Å². The summed E-state index contributed by atoms with van der Waals surface area (Å²) in [4.78, 5) is -0.0142. The number of nitrogen functional groups attached to an aromatic ring is 1. The Morgan fingerprint density at radius 2 is 2.05 bits per heavy atom. The predicted molar refractivity (Wildman–Crippen MR) is 74.9 cm³/mol.